The van der Waals surface area contributed by atoms with Gasteiger partial charge in [-0.3, -0.25) is 10.1 Å². The first-order valence-corrected chi connectivity index (χ1v) is 7.33. The van der Waals surface area contributed by atoms with E-state index < -0.39 is 0 Å². The van der Waals surface area contributed by atoms with Gasteiger partial charge < -0.3 is 10.2 Å². The highest BCUT2D eigenvalue weighted by molar-refractivity contribution is 7.99. The van der Waals surface area contributed by atoms with Crippen LogP contribution in [-0.2, 0) is 4.79 Å². The Balaban J connectivity index is 1.57. The Morgan fingerprint density at radius 2 is 2.19 bits per heavy atom. The second-order valence-electron chi connectivity index (χ2n) is 4.47. The highest BCUT2D eigenvalue weighted by atomic mass is 32.2. The van der Waals surface area contributed by atoms with Gasteiger partial charge in [-0.05, 0) is 25.9 Å². The number of piperidine rings is 1. The third kappa shape index (κ3) is 3.64. The molecule has 92 valence electrons. The van der Waals surface area contributed by atoms with Gasteiger partial charge in [0.25, 0.3) is 0 Å². The normalized spacial score (nSPS) is 26.9. The Bertz CT molecular complexity index is 225. The lowest BCUT2D eigenvalue weighted by Gasteiger charge is -2.26. The molecular formula is C11H21N3OS. The summed E-state index contributed by atoms with van der Waals surface area (Å²) in [7, 11) is 0. The van der Waals surface area contributed by atoms with Gasteiger partial charge >= 0.3 is 0 Å². The molecule has 2 saturated heterocycles. The summed E-state index contributed by atoms with van der Waals surface area (Å²) in [5, 5.41) is 6.20. The molecule has 2 N–H and O–H groups in total. The fourth-order valence-corrected chi connectivity index (χ4v) is 3.15. The van der Waals surface area contributed by atoms with Crippen molar-refractivity contribution in [3.63, 3.8) is 0 Å². The largest absolute Gasteiger partial charge is 0.353 e. The van der Waals surface area contributed by atoms with Gasteiger partial charge in [0.05, 0.1) is 6.04 Å². The monoisotopic (exact) mass is 243 g/mol. The van der Waals surface area contributed by atoms with Crippen LogP contribution >= 0.6 is 11.8 Å². The molecule has 0 bridgehead atoms. The van der Waals surface area contributed by atoms with Crippen molar-refractivity contribution in [2.24, 2.45) is 0 Å². The van der Waals surface area contributed by atoms with Gasteiger partial charge in [0, 0.05) is 24.7 Å². The molecule has 1 atom stereocenters. The molecule has 0 aliphatic carbocycles. The van der Waals surface area contributed by atoms with Gasteiger partial charge in [-0.15, -0.1) is 11.8 Å². The molecule has 16 heavy (non-hydrogen) atoms. The van der Waals surface area contributed by atoms with Crippen LogP contribution < -0.4 is 10.6 Å². The Kier molecular flexibility index (Phi) is 4.93. The van der Waals surface area contributed by atoms with Crippen LogP contribution in [0.5, 0.6) is 0 Å². The second-order valence-corrected chi connectivity index (χ2v) is 5.50. The molecule has 2 fully saturated rings. The van der Waals surface area contributed by atoms with Gasteiger partial charge in [-0.25, -0.2) is 0 Å². The first-order chi connectivity index (χ1) is 7.86. The maximum atomic E-state index is 11.7. The summed E-state index contributed by atoms with van der Waals surface area (Å²) >= 11 is 1.79. The summed E-state index contributed by atoms with van der Waals surface area (Å²) in [4.78, 5) is 14.1. The molecule has 0 saturated carbocycles. The standard InChI is InChI=1S/C11H21N3OS/c15-11(10-8-16-9-13-10)12-4-7-14-5-2-1-3-6-14/h10,13H,1-9H2,(H,12,15). The average Bonchev–Trinajstić information content (AvgIpc) is 2.84. The molecule has 1 unspecified atom stereocenters. The summed E-state index contributed by atoms with van der Waals surface area (Å²) in [6.07, 6.45) is 4.00. The number of carbonyl (C=O) groups is 1. The molecule has 0 aromatic rings. The molecule has 5 heteroatoms. The van der Waals surface area contributed by atoms with Crippen LogP contribution in [0.1, 0.15) is 19.3 Å². The lowest BCUT2D eigenvalue weighted by atomic mass is 10.1. The predicted octanol–water partition coefficient (Wildman–Crippen LogP) is 0.251. The quantitative estimate of drug-likeness (QED) is 0.743. The number of thioether (sulfide) groups is 1. The van der Waals surface area contributed by atoms with Crippen LogP contribution in [0.25, 0.3) is 0 Å². The van der Waals surface area contributed by atoms with Crippen molar-refractivity contribution in [2.75, 3.05) is 37.8 Å². The Morgan fingerprint density at radius 3 is 2.88 bits per heavy atom. The molecule has 2 aliphatic rings. The van der Waals surface area contributed by atoms with Crippen LogP contribution in [0.2, 0.25) is 0 Å². The van der Waals surface area contributed by atoms with Gasteiger partial charge in [0.1, 0.15) is 0 Å². The number of carbonyl (C=O) groups excluding carboxylic acids is 1. The zero-order chi connectivity index (χ0) is 11.2. The number of nitrogens with one attached hydrogen (secondary N) is 2. The molecule has 2 aliphatic heterocycles. The van der Waals surface area contributed by atoms with Crippen molar-refractivity contribution in [3.8, 4) is 0 Å². The van der Waals surface area contributed by atoms with E-state index in [-0.39, 0.29) is 11.9 Å². The zero-order valence-electron chi connectivity index (χ0n) is 9.71. The smallest absolute Gasteiger partial charge is 0.238 e. The van der Waals surface area contributed by atoms with E-state index in [0.29, 0.717) is 0 Å². The number of rotatable bonds is 4. The average molecular weight is 243 g/mol. The maximum Gasteiger partial charge on any atom is 0.238 e. The molecule has 2 rings (SSSR count). The zero-order valence-corrected chi connectivity index (χ0v) is 10.5. The molecule has 0 aromatic heterocycles. The fourth-order valence-electron chi connectivity index (χ4n) is 2.21. The lowest BCUT2D eigenvalue weighted by Crippen LogP contribution is -2.45. The van der Waals surface area contributed by atoms with Crippen molar-refractivity contribution in [1.82, 2.24) is 15.5 Å². The minimum absolute atomic E-state index is 0.0337. The van der Waals surface area contributed by atoms with Crippen LogP contribution in [-0.4, -0.2) is 54.7 Å². The highest BCUT2D eigenvalue weighted by Gasteiger charge is 2.22. The minimum Gasteiger partial charge on any atom is -0.353 e. The van der Waals surface area contributed by atoms with Gasteiger partial charge in [0.15, 0.2) is 0 Å². The van der Waals surface area contributed by atoms with E-state index in [2.05, 4.69) is 15.5 Å². The van der Waals surface area contributed by atoms with Crippen molar-refractivity contribution in [3.05, 3.63) is 0 Å². The van der Waals surface area contributed by atoms with Crippen LogP contribution in [0.15, 0.2) is 0 Å². The summed E-state index contributed by atoms with van der Waals surface area (Å²) in [5.41, 5.74) is 0. The summed E-state index contributed by atoms with van der Waals surface area (Å²) in [5.74, 6) is 1.99. The van der Waals surface area contributed by atoms with Crippen molar-refractivity contribution in [1.29, 1.82) is 0 Å². The Morgan fingerprint density at radius 1 is 1.38 bits per heavy atom. The SMILES string of the molecule is O=C(NCCN1CCCCC1)C1CSCN1. The topological polar surface area (TPSA) is 44.4 Å². The second kappa shape index (κ2) is 6.47. The van der Waals surface area contributed by atoms with E-state index in [4.69, 9.17) is 0 Å². The number of nitrogens with zero attached hydrogens (tertiary/aromatic N) is 1. The minimum atomic E-state index is 0.0337. The van der Waals surface area contributed by atoms with E-state index in [1.165, 1.54) is 32.4 Å². The molecule has 0 radical (unpaired) electrons. The third-order valence-corrected chi connectivity index (χ3v) is 4.15. The van der Waals surface area contributed by atoms with E-state index in [0.717, 1.165) is 24.7 Å². The highest BCUT2D eigenvalue weighted by Crippen LogP contribution is 2.09. The van der Waals surface area contributed by atoms with Gasteiger partial charge in [0.2, 0.25) is 5.91 Å². The van der Waals surface area contributed by atoms with E-state index in [1.807, 2.05) is 0 Å². The van der Waals surface area contributed by atoms with Crippen molar-refractivity contribution >= 4 is 17.7 Å². The number of amides is 1. The molecular weight excluding hydrogens is 222 g/mol. The molecule has 4 nitrogen and oxygen atoms in total. The first-order valence-electron chi connectivity index (χ1n) is 6.17. The van der Waals surface area contributed by atoms with Crippen molar-refractivity contribution < 1.29 is 4.79 Å². The van der Waals surface area contributed by atoms with Crippen LogP contribution in [0.3, 0.4) is 0 Å². The lowest BCUT2D eigenvalue weighted by molar-refractivity contribution is -0.122. The molecule has 2 heterocycles. The number of hydrogen-bond acceptors (Lipinski definition) is 4. The molecule has 0 spiro atoms. The van der Waals surface area contributed by atoms with E-state index >= 15 is 0 Å². The number of hydrogen-bond donors (Lipinski definition) is 2. The third-order valence-electron chi connectivity index (χ3n) is 3.21. The van der Waals surface area contributed by atoms with Crippen LogP contribution in [0.4, 0.5) is 0 Å². The van der Waals surface area contributed by atoms with Gasteiger partial charge in [-0.1, -0.05) is 6.42 Å². The predicted molar refractivity (Wildman–Crippen MR) is 67.5 cm³/mol. The summed E-state index contributed by atoms with van der Waals surface area (Å²) in [6.45, 7) is 4.20. The van der Waals surface area contributed by atoms with Gasteiger partial charge in [-0.2, -0.15) is 0 Å². The van der Waals surface area contributed by atoms with Crippen molar-refractivity contribution in [2.45, 2.75) is 25.3 Å². The number of likely N-dealkylation sites (tertiary alicyclic amines) is 1. The summed E-state index contributed by atoms with van der Waals surface area (Å²) in [6, 6.07) is 0.0337. The molecule has 0 aromatic carbocycles. The fraction of sp³-hybridized carbons (Fsp3) is 0.909. The Hall–Kier alpha value is -0.260. The van der Waals surface area contributed by atoms with Crippen LogP contribution in [0, 0.1) is 0 Å². The summed E-state index contributed by atoms with van der Waals surface area (Å²) < 4.78 is 0. The maximum absolute atomic E-state index is 11.7. The Labute approximate surface area is 102 Å². The first kappa shape index (κ1) is 12.2. The molecule has 1 amide bonds. The van der Waals surface area contributed by atoms with E-state index in [9.17, 15) is 4.79 Å². The van der Waals surface area contributed by atoms with E-state index in [1.54, 1.807) is 11.8 Å².